The highest BCUT2D eigenvalue weighted by molar-refractivity contribution is 8.15. The van der Waals surface area contributed by atoms with Crippen LogP contribution in [0, 0.1) is 0 Å². The minimum Gasteiger partial charge on any atom is -0.325 e. The van der Waals surface area contributed by atoms with E-state index in [4.69, 9.17) is 23.2 Å². The molecule has 1 aliphatic heterocycles. The third-order valence-corrected chi connectivity index (χ3v) is 5.03. The van der Waals surface area contributed by atoms with Crippen LogP contribution in [0.1, 0.15) is 6.42 Å². The van der Waals surface area contributed by atoms with Crippen LogP contribution in [0.4, 0.5) is 11.6 Å². The van der Waals surface area contributed by atoms with Gasteiger partial charge in [-0.1, -0.05) is 41.0 Å². The van der Waals surface area contributed by atoms with Crippen LogP contribution in [0.25, 0.3) is 0 Å². The lowest BCUT2D eigenvalue weighted by molar-refractivity contribution is -0.122. The lowest BCUT2D eigenvalue weighted by Gasteiger charge is -2.09. The Morgan fingerprint density at radius 3 is 2.80 bits per heavy atom. The Morgan fingerprint density at radius 2 is 2.04 bits per heavy atom. The molecule has 1 atom stereocenters. The third-order valence-electron chi connectivity index (χ3n) is 3.13. The van der Waals surface area contributed by atoms with Gasteiger partial charge in [0.2, 0.25) is 11.8 Å². The minimum absolute atomic E-state index is 0.0337. The van der Waals surface area contributed by atoms with E-state index in [0.717, 1.165) is 11.8 Å². The maximum Gasteiger partial charge on any atom is 0.251 e. The summed E-state index contributed by atoms with van der Waals surface area (Å²) >= 11 is 13.1. The summed E-state index contributed by atoms with van der Waals surface area (Å²) < 4.78 is 0. The van der Waals surface area contributed by atoms with Crippen molar-refractivity contribution in [1.29, 1.82) is 0 Å². The summed E-state index contributed by atoms with van der Waals surface area (Å²) in [5, 5.41) is 5.61. The molecule has 1 unspecified atom stereocenters. The number of hydrogen-bond acceptors (Lipinski definition) is 6. The molecule has 0 bridgehead atoms. The number of amides is 2. The number of amidine groups is 1. The lowest BCUT2D eigenvalue weighted by Crippen LogP contribution is -2.28. The summed E-state index contributed by atoms with van der Waals surface area (Å²) in [4.78, 5) is 36.2. The maximum atomic E-state index is 12.2. The molecule has 0 aliphatic carbocycles. The average Bonchev–Trinajstić information content (AvgIpc) is 2.92. The van der Waals surface area contributed by atoms with Gasteiger partial charge in [-0.15, -0.1) is 0 Å². The standard InChI is InChI=1S/C15H11Cl2N5O2S/c16-8-3-1-4-9(12(8)17)20-11(23)7-10-13(24)21-15(25-10)22-14-18-5-2-6-19-14/h1-6,10H,7H2,(H,20,23)(H,18,19,21,22,24). The molecule has 1 fully saturated rings. The maximum absolute atomic E-state index is 12.2. The van der Waals surface area contributed by atoms with E-state index in [0.29, 0.717) is 15.9 Å². The second-order valence-corrected chi connectivity index (χ2v) is 6.89. The molecular formula is C15H11Cl2N5O2S. The van der Waals surface area contributed by atoms with Crippen LogP contribution in [-0.4, -0.2) is 32.2 Å². The fourth-order valence-corrected chi connectivity index (χ4v) is 3.31. The van der Waals surface area contributed by atoms with Crippen LogP contribution in [-0.2, 0) is 9.59 Å². The Labute approximate surface area is 157 Å². The molecule has 7 nitrogen and oxygen atoms in total. The van der Waals surface area contributed by atoms with Crippen molar-refractivity contribution in [2.24, 2.45) is 4.99 Å². The number of thioether (sulfide) groups is 1. The quantitative estimate of drug-likeness (QED) is 0.828. The Kier molecular flexibility index (Phi) is 5.52. The Bertz CT molecular complexity index is 847. The van der Waals surface area contributed by atoms with Gasteiger partial charge in [0.05, 0.1) is 15.7 Å². The Morgan fingerprint density at radius 1 is 1.28 bits per heavy atom. The number of rotatable bonds is 4. The highest BCUT2D eigenvalue weighted by Crippen LogP contribution is 2.30. The van der Waals surface area contributed by atoms with E-state index < -0.39 is 5.25 Å². The molecule has 2 amide bonds. The Hall–Kier alpha value is -2.16. The van der Waals surface area contributed by atoms with E-state index >= 15 is 0 Å². The molecule has 1 aromatic carbocycles. The number of halogens is 2. The minimum atomic E-state index is -0.597. The number of aliphatic imine (C=N–C) groups is 1. The molecule has 2 aromatic rings. The molecule has 1 saturated heterocycles. The van der Waals surface area contributed by atoms with Crippen molar-refractivity contribution in [1.82, 2.24) is 15.3 Å². The normalized spacial score (nSPS) is 18.2. The van der Waals surface area contributed by atoms with Crippen molar-refractivity contribution < 1.29 is 9.59 Å². The molecular weight excluding hydrogens is 385 g/mol. The van der Waals surface area contributed by atoms with Gasteiger partial charge >= 0.3 is 0 Å². The molecule has 0 spiro atoms. The van der Waals surface area contributed by atoms with Gasteiger partial charge in [0.25, 0.3) is 5.95 Å². The lowest BCUT2D eigenvalue weighted by atomic mass is 10.2. The molecule has 3 rings (SSSR count). The number of aromatic nitrogens is 2. The average molecular weight is 396 g/mol. The van der Waals surface area contributed by atoms with Crippen molar-refractivity contribution in [2.75, 3.05) is 5.32 Å². The molecule has 1 aliphatic rings. The summed E-state index contributed by atoms with van der Waals surface area (Å²) in [6, 6.07) is 6.59. The summed E-state index contributed by atoms with van der Waals surface area (Å²) in [7, 11) is 0. The van der Waals surface area contributed by atoms with Gasteiger partial charge in [0, 0.05) is 18.8 Å². The monoisotopic (exact) mass is 395 g/mol. The number of carbonyl (C=O) groups excluding carboxylic acids is 2. The fourth-order valence-electron chi connectivity index (χ4n) is 2.00. The molecule has 10 heteroatoms. The van der Waals surface area contributed by atoms with Crippen LogP contribution in [0.3, 0.4) is 0 Å². The molecule has 1 aromatic heterocycles. The van der Waals surface area contributed by atoms with Crippen molar-refractivity contribution in [3.8, 4) is 0 Å². The van der Waals surface area contributed by atoms with E-state index in [9.17, 15) is 9.59 Å². The van der Waals surface area contributed by atoms with Crippen LogP contribution < -0.4 is 10.6 Å². The predicted octanol–water partition coefficient (Wildman–Crippen LogP) is 3.03. The van der Waals surface area contributed by atoms with Gasteiger partial charge in [-0.05, 0) is 18.2 Å². The summed E-state index contributed by atoms with van der Waals surface area (Å²) in [5.74, 6) is -0.415. The number of anilines is 1. The third kappa shape index (κ3) is 4.47. The van der Waals surface area contributed by atoms with Crippen molar-refractivity contribution >= 4 is 63.6 Å². The summed E-state index contributed by atoms with van der Waals surface area (Å²) in [6.07, 6.45) is 3.06. The van der Waals surface area contributed by atoms with Gasteiger partial charge in [0.1, 0.15) is 5.25 Å². The van der Waals surface area contributed by atoms with Gasteiger partial charge in [0.15, 0.2) is 5.17 Å². The molecule has 2 N–H and O–H groups in total. The largest absolute Gasteiger partial charge is 0.325 e. The molecule has 2 heterocycles. The molecule has 25 heavy (non-hydrogen) atoms. The first-order valence-corrected chi connectivity index (χ1v) is 8.73. The first kappa shape index (κ1) is 17.7. The number of nitrogens with one attached hydrogen (secondary N) is 2. The van der Waals surface area contributed by atoms with E-state index in [1.165, 1.54) is 0 Å². The first-order valence-electron chi connectivity index (χ1n) is 7.10. The van der Waals surface area contributed by atoms with Crippen molar-refractivity contribution in [3.05, 3.63) is 46.7 Å². The van der Waals surface area contributed by atoms with Gasteiger partial charge in [-0.3, -0.25) is 9.59 Å². The SMILES string of the molecule is O=C(CC1S/C(=N\c2ncccn2)NC1=O)Nc1cccc(Cl)c1Cl. The number of carbonyl (C=O) groups is 2. The highest BCUT2D eigenvalue weighted by Gasteiger charge is 2.32. The van der Waals surface area contributed by atoms with Crippen LogP contribution in [0.5, 0.6) is 0 Å². The predicted molar refractivity (Wildman–Crippen MR) is 98.4 cm³/mol. The smallest absolute Gasteiger partial charge is 0.251 e. The van der Waals surface area contributed by atoms with Crippen LogP contribution in [0.15, 0.2) is 41.7 Å². The van der Waals surface area contributed by atoms with Gasteiger partial charge in [-0.25, -0.2) is 9.97 Å². The zero-order valence-corrected chi connectivity index (χ0v) is 14.9. The van der Waals surface area contributed by atoms with Crippen molar-refractivity contribution in [2.45, 2.75) is 11.7 Å². The number of nitrogens with zero attached hydrogens (tertiary/aromatic N) is 3. The van der Waals surface area contributed by atoms with E-state index in [-0.39, 0.29) is 29.2 Å². The van der Waals surface area contributed by atoms with Crippen molar-refractivity contribution in [3.63, 3.8) is 0 Å². The Balaban J connectivity index is 1.63. The topological polar surface area (TPSA) is 96.3 Å². The highest BCUT2D eigenvalue weighted by atomic mass is 35.5. The van der Waals surface area contributed by atoms with Gasteiger partial charge < -0.3 is 10.6 Å². The van der Waals surface area contributed by atoms with Crippen LogP contribution in [0.2, 0.25) is 10.0 Å². The van der Waals surface area contributed by atoms with Crippen LogP contribution >= 0.6 is 35.0 Å². The zero-order valence-electron chi connectivity index (χ0n) is 12.6. The molecule has 128 valence electrons. The van der Waals surface area contributed by atoms with Gasteiger partial charge in [-0.2, -0.15) is 4.99 Å². The van der Waals surface area contributed by atoms with E-state index in [1.54, 1.807) is 36.7 Å². The number of hydrogen-bond donors (Lipinski definition) is 2. The number of benzene rings is 1. The summed E-state index contributed by atoms with van der Waals surface area (Å²) in [6.45, 7) is 0. The first-order chi connectivity index (χ1) is 12.0. The molecule has 0 saturated carbocycles. The van der Waals surface area contributed by atoms with E-state index in [2.05, 4.69) is 25.6 Å². The fraction of sp³-hybridized carbons (Fsp3) is 0.133. The zero-order chi connectivity index (χ0) is 17.8. The summed E-state index contributed by atoms with van der Waals surface area (Å²) in [5.41, 5.74) is 0.397. The molecule has 0 radical (unpaired) electrons. The second kappa shape index (κ2) is 7.81. The van der Waals surface area contributed by atoms with E-state index in [1.807, 2.05) is 0 Å². The second-order valence-electron chi connectivity index (χ2n) is 4.92.